The molecule has 0 aromatic heterocycles. The third kappa shape index (κ3) is 5.91. The molecule has 120 valence electrons. The van der Waals surface area contributed by atoms with Crippen molar-refractivity contribution in [3.8, 4) is 5.75 Å². The fourth-order valence-electron chi connectivity index (χ4n) is 1.74. The molecular weight excluding hydrogens is 321 g/mol. The molecule has 0 aliphatic heterocycles. The van der Waals surface area contributed by atoms with Crippen molar-refractivity contribution in [2.24, 2.45) is 0 Å². The Kier molecular flexibility index (Phi) is 5.13. The molecule has 0 atom stereocenters. The Bertz CT molecular complexity index is 812. The normalized spacial score (nSPS) is 11.4. The van der Waals surface area contributed by atoms with Crippen LogP contribution in [0, 0.1) is 6.92 Å². The zero-order valence-electron chi connectivity index (χ0n) is 12.2. The molecule has 0 fully saturated rings. The number of carbonyl (C=O) groups is 1. The fraction of sp³-hybridized carbons (Fsp3) is 0.0625. The van der Waals surface area contributed by atoms with E-state index in [-0.39, 0.29) is 11.7 Å². The minimum Gasteiger partial charge on any atom is -0.358 e. The van der Waals surface area contributed by atoms with Crippen LogP contribution in [0.4, 0.5) is 9.57 Å². The SMILES string of the molecule is Cc1ccc(/C=C/C(=O)Nc2ccc(OS(=O)(=O)F)cc2)cc1. The second kappa shape index (κ2) is 7.06. The van der Waals surface area contributed by atoms with E-state index < -0.39 is 10.5 Å². The van der Waals surface area contributed by atoms with Gasteiger partial charge in [0.25, 0.3) is 0 Å². The summed E-state index contributed by atoms with van der Waals surface area (Å²) in [6.07, 6.45) is 3.04. The number of anilines is 1. The molecule has 0 aliphatic carbocycles. The van der Waals surface area contributed by atoms with E-state index in [2.05, 4.69) is 9.50 Å². The van der Waals surface area contributed by atoms with E-state index in [0.29, 0.717) is 5.69 Å². The number of halogens is 1. The Hall–Kier alpha value is -2.67. The van der Waals surface area contributed by atoms with E-state index in [1.54, 1.807) is 6.08 Å². The Labute approximate surface area is 133 Å². The molecule has 23 heavy (non-hydrogen) atoms. The van der Waals surface area contributed by atoms with E-state index in [0.717, 1.165) is 11.1 Å². The monoisotopic (exact) mass is 335 g/mol. The summed E-state index contributed by atoms with van der Waals surface area (Å²) in [5.74, 6) is -0.530. The Morgan fingerprint density at radius 1 is 1.09 bits per heavy atom. The molecule has 1 amide bonds. The average molecular weight is 335 g/mol. The quantitative estimate of drug-likeness (QED) is 0.672. The highest BCUT2D eigenvalue weighted by atomic mass is 32.3. The molecule has 0 heterocycles. The van der Waals surface area contributed by atoms with Gasteiger partial charge in [-0.2, -0.15) is 8.42 Å². The lowest BCUT2D eigenvalue weighted by molar-refractivity contribution is -0.111. The third-order valence-electron chi connectivity index (χ3n) is 2.82. The Morgan fingerprint density at radius 3 is 2.26 bits per heavy atom. The molecule has 0 aliphatic rings. The molecule has 2 aromatic rings. The number of hydrogen-bond acceptors (Lipinski definition) is 4. The van der Waals surface area contributed by atoms with Gasteiger partial charge in [-0.25, -0.2) is 0 Å². The second-order valence-electron chi connectivity index (χ2n) is 4.73. The van der Waals surface area contributed by atoms with Crippen molar-refractivity contribution >= 4 is 28.2 Å². The lowest BCUT2D eigenvalue weighted by atomic mass is 10.1. The number of rotatable bonds is 5. The number of amides is 1. The molecule has 7 heteroatoms. The topological polar surface area (TPSA) is 72.5 Å². The maximum Gasteiger partial charge on any atom is 0.488 e. The molecular formula is C16H14FNO4S. The highest BCUT2D eigenvalue weighted by molar-refractivity contribution is 7.81. The van der Waals surface area contributed by atoms with E-state index in [1.807, 2.05) is 31.2 Å². The molecule has 2 rings (SSSR count). The molecule has 5 nitrogen and oxygen atoms in total. The van der Waals surface area contributed by atoms with Crippen LogP contribution in [0.1, 0.15) is 11.1 Å². The predicted octanol–water partition coefficient (Wildman–Crippen LogP) is 3.24. The van der Waals surface area contributed by atoms with Crippen LogP contribution in [0.5, 0.6) is 5.75 Å². The maximum atomic E-state index is 12.3. The first-order chi connectivity index (χ1) is 10.8. The van der Waals surface area contributed by atoms with Crippen LogP contribution in [-0.4, -0.2) is 14.3 Å². The van der Waals surface area contributed by atoms with Gasteiger partial charge in [0.2, 0.25) is 5.91 Å². The van der Waals surface area contributed by atoms with Crippen LogP contribution >= 0.6 is 0 Å². The molecule has 0 unspecified atom stereocenters. The number of benzene rings is 2. The molecule has 0 saturated carbocycles. The van der Waals surface area contributed by atoms with E-state index in [4.69, 9.17) is 0 Å². The van der Waals surface area contributed by atoms with Gasteiger partial charge in [0.15, 0.2) is 0 Å². The van der Waals surface area contributed by atoms with Crippen LogP contribution in [-0.2, 0) is 15.3 Å². The van der Waals surface area contributed by atoms with Gasteiger partial charge in [-0.15, -0.1) is 0 Å². The zero-order valence-corrected chi connectivity index (χ0v) is 13.0. The minimum atomic E-state index is -5.05. The van der Waals surface area contributed by atoms with Crippen LogP contribution in [0.2, 0.25) is 0 Å². The van der Waals surface area contributed by atoms with E-state index >= 15 is 0 Å². The van der Waals surface area contributed by atoms with Gasteiger partial charge in [-0.3, -0.25) is 4.79 Å². The van der Waals surface area contributed by atoms with Crippen molar-refractivity contribution in [3.63, 3.8) is 0 Å². The lowest BCUT2D eigenvalue weighted by Crippen LogP contribution is -2.07. The Balaban J connectivity index is 1.96. The highest BCUT2D eigenvalue weighted by Gasteiger charge is 2.09. The number of aryl methyl sites for hydroxylation is 1. The predicted molar refractivity (Wildman–Crippen MR) is 85.9 cm³/mol. The summed E-state index contributed by atoms with van der Waals surface area (Å²) >= 11 is 0. The molecule has 0 spiro atoms. The van der Waals surface area contributed by atoms with Crippen LogP contribution in [0.25, 0.3) is 6.08 Å². The largest absolute Gasteiger partial charge is 0.488 e. The van der Waals surface area contributed by atoms with Gasteiger partial charge in [-0.1, -0.05) is 33.7 Å². The van der Waals surface area contributed by atoms with Crippen molar-refractivity contribution in [3.05, 3.63) is 65.7 Å². The smallest absolute Gasteiger partial charge is 0.358 e. The van der Waals surface area contributed by atoms with Gasteiger partial charge in [-0.05, 0) is 42.8 Å². The summed E-state index contributed by atoms with van der Waals surface area (Å²) in [6.45, 7) is 1.97. The number of nitrogens with one attached hydrogen (secondary N) is 1. The summed E-state index contributed by atoms with van der Waals surface area (Å²) in [5.41, 5.74) is 2.44. The molecule has 1 N–H and O–H groups in total. The molecule has 0 saturated heterocycles. The first-order valence-corrected chi connectivity index (χ1v) is 7.92. The van der Waals surface area contributed by atoms with Crippen molar-refractivity contribution in [1.82, 2.24) is 0 Å². The van der Waals surface area contributed by atoms with Gasteiger partial charge >= 0.3 is 10.5 Å². The van der Waals surface area contributed by atoms with E-state index in [1.165, 1.54) is 30.3 Å². The summed E-state index contributed by atoms with van der Waals surface area (Å²) in [7, 11) is -5.05. The summed E-state index contributed by atoms with van der Waals surface area (Å²) in [4.78, 5) is 11.8. The third-order valence-corrected chi connectivity index (χ3v) is 3.21. The summed E-state index contributed by atoms with van der Waals surface area (Å²) in [5, 5.41) is 2.59. The average Bonchev–Trinajstić information content (AvgIpc) is 2.47. The Morgan fingerprint density at radius 2 is 1.70 bits per heavy atom. The number of hydrogen-bond donors (Lipinski definition) is 1. The lowest BCUT2D eigenvalue weighted by Gasteiger charge is -2.04. The zero-order chi connectivity index (χ0) is 16.9. The first-order valence-electron chi connectivity index (χ1n) is 6.62. The van der Waals surface area contributed by atoms with Crippen LogP contribution in [0.15, 0.2) is 54.6 Å². The van der Waals surface area contributed by atoms with Crippen molar-refractivity contribution in [2.75, 3.05) is 5.32 Å². The van der Waals surface area contributed by atoms with Crippen LogP contribution < -0.4 is 9.50 Å². The summed E-state index contributed by atoms with van der Waals surface area (Å²) in [6, 6.07) is 12.9. The van der Waals surface area contributed by atoms with Gasteiger partial charge in [0.1, 0.15) is 5.75 Å². The maximum absolute atomic E-state index is 12.3. The van der Waals surface area contributed by atoms with Gasteiger partial charge < -0.3 is 9.50 Å². The highest BCUT2D eigenvalue weighted by Crippen LogP contribution is 2.17. The van der Waals surface area contributed by atoms with Crippen LogP contribution in [0.3, 0.4) is 0 Å². The van der Waals surface area contributed by atoms with E-state index in [9.17, 15) is 17.1 Å². The first kappa shape index (κ1) is 16.7. The number of carbonyl (C=O) groups excluding carboxylic acids is 1. The van der Waals surface area contributed by atoms with Crippen molar-refractivity contribution in [2.45, 2.75) is 6.92 Å². The molecule has 2 aromatic carbocycles. The molecule has 0 radical (unpaired) electrons. The molecule has 0 bridgehead atoms. The van der Waals surface area contributed by atoms with Crippen molar-refractivity contribution in [1.29, 1.82) is 0 Å². The minimum absolute atomic E-state index is 0.180. The second-order valence-corrected chi connectivity index (χ2v) is 5.69. The standard InChI is InChI=1S/C16H14FNO4S/c1-12-2-4-13(5-3-12)6-11-16(19)18-14-7-9-15(10-8-14)22-23(17,20)21/h2-11H,1H3,(H,18,19)/b11-6+. The summed E-state index contributed by atoms with van der Waals surface area (Å²) < 4.78 is 37.1. The van der Waals surface area contributed by atoms with Gasteiger partial charge in [0.05, 0.1) is 0 Å². The van der Waals surface area contributed by atoms with Gasteiger partial charge in [0, 0.05) is 11.8 Å². The fourth-order valence-corrected chi connectivity index (χ4v) is 2.08. The van der Waals surface area contributed by atoms with Crippen molar-refractivity contribution < 1.29 is 21.3 Å².